The van der Waals surface area contributed by atoms with Crippen molar-refractivity contribution in [3.63, 3.8) is 0 Å². The SMILES string of the molecule is Cl.NC(N)=Nc1ccc(-c2cc(C(=O)Nc3cccc(Br)c3)no2)cc1. The highest BCUT2D eigenvalue weighted by molar-refractivity contribution is 9.10. The zero-order valence-corrected chi connectivity index (χ0v) is 15.8. The largest absolute Gasteiger partial charge is 0.370 e. The average molecular weight is 437 g/mol. The minimum absolute atomic E-state index is 0. The van der Waals surface area contributed by atoms with Gasteiger partial charge in [-0.05, 0) is 42.5 Å². The molecule has 7 nitrogen and oxygen atoms in total. The molecule has 0 spiro atoms. The summed E-state index contributed by atoms with van der Waals surface area (Å²) in [6, 6.07) is 15.9. The first-order valence-corrected chi connectivity index (χ1v) is 8.04. The molecule has 134 valence electrons. The standard InChI is InChI=1S/C17H14BrN5O2.ClH/c18-11-2-1-3-13(8-11)21-16(24)14-9-15(25-23-14)10-4-6-12(7-5-10)22-17(19)20;/h1-9H,(H,21,24)(H4,19,20,22);1H. The summed E-state index contributed by atoms with van der Waals surface area (Å²) in [6.45, 7) is 0. The fraction of sp³-hybridized carbons (Fsp3) is 0. The summed E-state index contributed by atoms with van der Waals surface area (Å²) in [6.07, 6.45) is 0. The van der Waals surface area contributed by atoms with E-state index in [0.29, 0.717) is 17.1 Å². The number of amides is 1. The molecule has 0 bridgehead atoms. The number of nitrogens with zero attached hydrogens (tertiary/aromatic N) is 2. The van der Waals surface area contributed by atoms with E-state index in [0.717, 1.165) is 10.0 Å². The molecule has 0 saturated heterocycles. The van der Waals surface area contributed by atoms with Crippen LogP contribution in [0.3, 0.4) is 0 Å². The number of nitrogens with two attached hydrogens (primary N) is 2. The maximum atomic E-state index is 12.3. The van der Waals surface area contributed by atoms with Gasteiger partial charge in [0.2, 0.25) is 0 Å². The van der Waals surface area contributed by atoms with Crippen molar-refractivity contribution in [2.45, 2.75) is 0 Å². The summed E-state index contributed by atoms with van der Waals surface area (Å²) in [5, 5.41) is 6.57. The van der Waals surface area contributed by atoms with Gasteiger partial charge in [0.1, 0.15) is 0 Å². The van der Waals surface area contributed by atoms with Crippen LogP contribution in [0.5, 0.6) is 0 Å². The number of aromatic nitrogens is 1. The quantitative estimate of drug-likeness (QED) is 0.426. The summed E-state index contributed by atoms with van der Waals surface area (Å²) < 4.78 is 6.12. The zero-order valence-electron chi connectivity index (χ0n) is 13.3. The van der Waals surface area contributed by atoms with Crippen molar-refractivity contribution in [1.29, 1.82) is 0 Å². The van der Waals surface area contributed by atoms with Gasteiger partial charge in [-0.1, -0.05) is 27.2 Å². The Kier molecular flexibility index (Phi) is 6.37. The third kappa shape index (κ3) is 4.84. The van der Waals surface area contributed by atoms with Gasteiger partial charge in [0.15, 0.2) is 17.4 Å². The van der Waals surface area contributed by atoms with Gasteiger partial charge in [-0.25, -0.2) is 4.99 Å². The van der Waals surface area contributed by atoms with E-state index in [4.69, 9.17) is 16.0 Å². The molecule has 3 rings (SSSR count). The highest BCUT2D eigenvalue weighted by Crippen LogP contribution is 2.24. The first kappa shape index (κ1) is 19.5. The van der Waals surface area contributed by atoms with Crippen molar-refractivity contribution in [2.24, 2.45) is 16.5 Å². The lowest BCUT2D eigenvalue weighted by Gasteiger charge is -2.02. The van der Waals surface area contributed by atoms with Crippen molar-refractivity contribution >= 4 is 51.6 Å². The predicted molar refractivity (Wildman–Crippen MR) is 107 cm³/mol. The van der Waals surface area contributed by atoms with Crippen LogP contribution in [0.15, 0.2) is 68.6 Å². The minimum atomic E-state index is -0.356. The van der Waals surface area contributed by atoms with Crippen LogP contribution in [-0.4, -0.2) is 17.0 Å². The van der Waals surface area contributed by atoms with Crippen LogP contribution in [0.1, 0.15) is 10.5 Å². The van der Waals surface area contributed by atoms with Gasteiger partial charge in [-0.3, -0.25) is 4.79 Å². The summed E-state index contributed by atoms with van der Waals surface area (Å²) in [5.74, 6) is 0.0970. The Labute approximate surface area is 164 Å². The molecule has 0 radical (unpaired) electrons. The number of aliphatic imine (C=N–C) groups is 1. The molecule has 1 amide bonds. The predicted octanol–water partition coefficient (Wildman–Crippen LogP) is 3.68. The van der Waals surface area contributed by atoms with Crippen LogP contribution < -0.4 is 16.8 Å². The maximum Gasteiger partial charge on any atom is 0.277 e. The number of halogens is 2. The van der Waals surface area contributed by atoms with E-state index in [1.807, 2.05) is 12.1 Å². The molecule has 0 saturated carbocycles. The van der Waals surface area contributed by atoms with E-state index in [-0.39, 0.29) is 30.0 Å². The summed E-state index contributed by atoms with van der Waals surface area (Å²) in [4.78, 5) is 16.2. The van der Waals surface area contributed by atoms with E-state index in [1.165, 1.54) is 0 Å². The van der Waals surface area contributed by atoms with Gasteiger partial charge in [0.25, 0.3) is 5.91 Å². The van der Waals surface area contributed by atoms with Crippen molar-refractivity contribution in [2.75, 3.05) is 5.32 Å². The molecule has 2 aromatic carbocycles. The van der Waals surface area contributed by atoms with E-state index in [9.17, 15) is 4.79 Å². The van der Waals surface area contributed by atoms with Gasteiger partial charge in [0, 0.05) is 21.8 Å². The summed E-state index contributed by atoms with van der Waals surface area (Å²) in [5.41, 5.74) is 12.9. The second-order valence-corrected chi connectivity index (χ2v) is 6.04. The molecule has 1 heterocycles. The normalized spacial score (nSPS) is 9.88. The second kappa shape index (κ2) is 8.50. The molecule has 0 aliphatic carbocycles. The lowest BCUT2D eigenvalue weighted by atomic mass is 10.1. The lowest BCUT2D eigenvalue weighted by molar-refractivity contribution is 0.101. The van der Waals surface area contributed by atoms with E-state index in [1.54, 1.807) is 42.5 Å². The highest BCUT2D eigenvalue weighted by atomic mass is 79.9. The van der Waals surface area contributed by atoms with Crippen LogP contribution in [0.2, 0.25) is 0 Å². The number of anilines is 1. The van der Waals surface area contributed by atoms with Crippen LogP contribution in [-0.2, 0) is 0 Å². The Morgan fingerprint density at radius 3 is 2.50 bits per heavy atom. The maximum absolute atomic E-state index is 12.3. The number of guanidine groups is 1. The Hall–Kier alpha value is -2.84. The highest BCUT2D eigenvalue weighted by Gasteiger charge is 2.14. The molecule has 3 aromatic rings. The Morgan fingerprint density at radius 1 is 1.12 bits per heavy atom. The topological polar surface area (TPSA) is 120 Å². The third-order valence-corrected chi connectivity index (χ3v) is 3.73. The number of benzene rings is 2. The first-order valence-electron chi connectivity index (χ1n) is 7.25. The first-order chi connectivity index (χ1) is 12.0. The number of rotatable bonds is 4. The zero-order chi connectivity index (χ0) is 17.8. The summed E-state index contributed by atoms with van der Waals surface area (Å²) >= 11 is 3.35. The number of hydrogen-bond donors (Lipinski definition) is 3. The van der Waals surface area contributed by atoms with Gasteiger partial charge in [-0.15, -0.1) is 12.4 Å². The molecule has 1 aromatic heterocycles. The van der Waals surface area contributed by atoms with Gasteiger partial charge >= 0.3 is 0 Å². The van der Waals surface area contributed by atoms with Crippen molar-refractivity contribution in [3.8, 4) is 11.3 Å². The fourth-order valence-corrected chi connectivity index (χ4v) is 2.53. The average Bonchev–Trinajstić information content (AvgIpc) is 3.05. The number of carbonyl (C=O) groups is 1. The van der Waals surface area contributed by atoms with Crippen LogP contribution >= 0.6 is 28.3 Å². The number of carbonyl (C=O) groups excluding carboxylic acids is 1. The monoisotopic (exact) mass is 435 g/mol. The number of hydrogen-bond acceptors (Lipinski definition) is 4. The van der Waals surface area contributed by atoms with E-state index >= 15 is 0 Å². The van der Waals surface area contributed by atoms with Crippen molar-refractivity contribution in [3.05, 3.63) is 64.8 Å². The molecule has 0 atom stereocenters. The molecule has 0 fully saturated rings. The van der Waals surface area contributed by atoms with Crippen LogP contribution in [0.4, 0.5) is 11.4 Å². The molecule has 0 aliphatic rings. The molecule has 9 heteroatoms. The minimum Gasteiger partial charge on any atom is -0.370 e. The van der Waals surface area contributed by atoms with E-state index < -0.39 is 0 Å². The van der Waals surface area contributed by atoms with Crippen molar-refractivity contribution < 1.29 is 9.32 Å². The van der Waals surface area contributed by atoms with Gasteiger partial charge in [0.05, 0.1) is 5.69 Å². The van der Waals surface area contributed by atoms with Crippen molar-refractivity contribution in [1.82, 2.24) is 5.16 Å². The van der Waals surface area contributed by atoms with Crippen LogP contribution in [0, 0.1) is 0 Å². The smallest absolute Gasteiger partial charge is 0.277 e. The molecular formula is C17H15BrClN5O2. The fourth-order valence-electron chi connectivity index (χ4n) is 2.13. The van der Waals surface area contributed by atoms with E-state index in [2.05, 4.69) is 31.4 Å². The molecular weight excluding hydrogens is 422 g/mol. The third-order valence-electron chi connectivity index (χ3n) is 3.24. The molecule has 0 unspecified atom stereocenters. The van der Waals surface area contributed by atoms with Gasteiger partial charge < -0.3 is 21.3 Å². The Balaban J connectivity index is 0.00000243. The lowest BCUT2D eigenvalue weighted by Crippen LogP contribution is -2.21. The number of nitrogens with one attached hydrogen (secondary N) is 1. The molecule has 5 N–H and O–H groups in total. The second-order valence-electron chi connectivity index (χ2n) is 5.12. The summed E-state index contributed by atoms with van der Waals surface area (Å²) in [7, 11) is 0. The van der Waals surface area contributed by atoms with Gasteiger partial charge in [-0.2, -0.15) is 0 Å². The Morgan fingerprint density at radius 2 is 1.85 bits per heavy atom. The molecule has 26 heavy (non-hydrogen) atoms. The Bertz CT molecular complexity index is 936. The molecule has 0 aliphatic heterocycles. The van der Waals surface area contributed by atoms with Crippen LogP contribution in [0.25, 0.3) is 11.3 Å².